The van der Waals surface area contributed by atoms with Gasteiger partial charge in [0.05, 0.1) is 0 Å². The summed E-state index contributed by atoms with van der Waals surface area (Å²) >= 11 is 0. The topological polar surface area (TPSA) is 77.9 Å². The lowest BCUT2D eigenvalue weighted by molar-refractivity contribution is -0.153. The summed E-state index contributed by atoms with van der Waals surface area (Å²) in [5.74, 6) is -3.39. The van der Waals surface area contributed by atoms with Gasteiger partial charge in [0.15, 0.2) is 0 Å². The molecular weight excluding hydrogens is 363 g/mol. The molecule has 0 spiro atoms. The summed E-state index contributed by atoms with van der Waals surface area (Å²) in [6, 6.07) is 13.5. The molecule has 1 heterocycles. The minimum Gasteiger partial charge on any atom is -0.480 e. The van der Waals surface area contributed by atoms with Gasteiger partial charge < -0.3 is 14.9 Å². The van der Waals surface area contributed by atoms with Crippen LogP contribution in [0.15, 0.2) is 54.6 Å². The highest BCUT2D eigenvalue weighted by atomic mass is 19.1. The van der Waals surface area contributed by atoms with Crippen LogP contribution in [-0.2, 0) is 20.9 Å². The number of aliphatic carboxylic acids is 1. The van der Waals surface area contributed by atoms with E-state index < -0.39 is 35.6 Å². The number of halogens is 1. The first kappa shape index (κ1) is 19.5. The molecule has 2 amide bonds. The van der Waals surface area contributed by atoms with E-state index in [0.29, 0.717) is 12.2 Å². The first-order valence-electron chi connectivity index (χ1n) is 9.02. The molecule has 3 rings (SSSR count). The van der Waals surface area contributed by atoms with Crippen molar-refractivity contribution in [2.24, 2.45) is 5.92 Å². The number of carboxylic acids is 1. The molecule has 0 aromatic heterocycles. The minimum absolute atomic E-state index is 0.105. The Labute approximate surface area is 162 Å². The molecule has 1 fully saturated rings. The monoisotopic (exact) mass is 384 g/mol. The molecule has 28 heavy (non-hydrogen) atoms. The van der Waals surface area contributed by atoms with Gasteiger partial charge in [-0.3, -0.25) is 9.59 Å². The maximum Gasteiger partial charge on any atom is 0.326 e. The van der Waals surface area contributed by atoms with Gasteiger partial charge in [0.2, 0.25) is 11.8 Å². The summed E-state index contributed by atoms with van der Waals surface area (Å²) in [4.78, 5) is 40.1. The van der Waals surface area contributed by atoms with E-state index in [1.807, 2.05) is 6.07 Å². The van der Waals surface area contributed by atoms with E-state index in [0.717, 1.165) is 5.56 Å². The first-order chi connectivity index (χ1) is 13.4. The number of carbonyl (C=O) groups is 3. The van der Waals surface area contributed by atoms with E-state index in [1.165, 1.54) is 41.0 Å². The van der Waals surface area contributed by atoms with Gasteiger partial charge in [0.1, 0.15) is 17.8 Å². The summed E-state index contributed by atoms with van der Waals surface area (Å²) in [5, 5.41) is 9.42. The van der Waals surface area contributed by atoms with Crippen LogP contribution in [-0.4, -0.2) is 40.4 Å². The number of anilines is 1. The third-order valence-electron chi connectivity index (χ3n) is 4.95. The molecule has 0 aliphatic carbocycles. The minimum atomic E-state index is -1.13. The summed E-state index contributed by atoms with van der Waals surface area (Å²) in [7, 11) is 0. The number of rotatable bonds is 6. The van der Waals surface area contributed by atoms with Crippen LogP contribution >= 0.6 is 0 Å². The molecule has 1 N–H and O–H groups in total. The molecule has 0 saturated carbocycles. The average molecular weight is 384 g/mol. The number of benzene rings is 2. The van der Waals surface area contributed by atoms with Crippen molar-refractivity contribution in [1.29, 1.82) is 0 Å². The second kappa shape index (κ2) is 8.21. The van der Waals surface area contributed by atoms with Crippen molar-refractivity contribution in [2.75, 3.05) is 11.4 Å². The standard InChI is InChI=1S/C21H21FN2O4/c1-14(21(27)28)24(13-15-5-3-2-4-6-15)20(26)18-11-12-23(19(18)25)17-9-7-16(22)8-10-17/h2-10,14,18H,11-13H2,1H3,(H,27,28). The molecule has 0 bridgehead atoms. The smallest absolute Gasteiger partial charge is 0.326 e. The fraction of sp³-hybridized carbons (Fsp3) is 0.286. The maximum atomic E-state index is 13.1. The van der Waals surface area contributed by atoms with E-state index in [1.54, 1.807) is 24.3 Å². The zero-order chi connectivity index (χ0) is 20.3. The predicted octanol–water partition coefficient (Wildman–Crippen LogP) is 2.68. The van der Waals surface area contributed by atoms with Gasteiger partial charge in [0.25, 0.3) is 0 Å². The van der Waals surface area contributed by atoms with Crippen molar-refractivity contribution in [2.45, 2.75) is 25.9 Å². The second-order valence-electron chi connectivity index (χ2n) is 6.77. The highest BCUT2D eigenvalue weighted by Gasteiger charge is 2.41. The van der Waals surface area contributed by atoms with Crippen LogP contribution in [0.3, 0.4) is 0 Å². The van der Waals surface area contributed by atoms with Gasteiger partial charge in [-0.15, -0.1) is 0 Å². The van der Waals surface area contributed by atoms with E-state index in [-0.39, 0.29) is 13.0 Å². The van der Waals surface area contributed by atoms with Crippen molar-refractivity contribution in [3.8, 4) is 0 Å². The third kappa shape index (κ3) is 4.03. The highest BCUT2D eigenvalue weighted by molar-refractivity contribution is 6.10. The van der Waals surface area contributed by atoms with E-state index in [2.05, 4.69) is 0 Å². The number of carboxylic acid groups (broad SMARTS) is 1. The van der Waals surface area contributed by atoms with Crippen molar-refractivity contribution in [1.82, 2.24) is 4.90 Å². The van der Waals surface area contributed by atoms with Crippen molar-refractivity contribution in [3.63, 3.8) is 0 Å². The lowest BCUT2D eigenvalue weighted by Gasteiger charge is -2.29. The molecule has 0 radical (unpaired) electrons. The SMILES string of the molecule is CC(C(=O)O)N(Cc1ccccc1)C(=O)C1CCN(c2ccc(F)cc2)C1=O. The van der Waals surface area contributed by atoms with Crippen molar-refractivity contribution in [3.05, 3.63) is 66.0 Å². The highest BCUT2D eigenvalue weighted by Crippen LogP contribution is 2.28. The first-order valence-corrected chi connectivity index (χ1v) is 9.02. The number of amides is 2. The summed E-state index contributed by atoms with van der Waals surface area (Å²) in [6.45, 7) is 1.86. The molecule has 1 aliphatic heterocycles. The molecule has 1 saturated heterocycles. The molecule has 2 aromatic rings. The van der Waals surface area contributed by atoms with Gasteiger partial charge >= 0.3 is 5.97 Å². The van der Waals surface area contributed by atoms with Crippen LogP contribution in [0.1, 0.15) is 18.9 Å². The fourth-order valence-corrected chi connectivity index (χ4v) is 3.31. The van der Waals surface area contributed by atoms with E-state index in [9.17, 15) is 23.9 Å². The number of nitrogens with zero attached hydrogens (tertiary/aromatic N) is 2. The van der Waals surface area contributed by atoms with Gasteiger partial charge in [-0.2, -0.15) is 0 Å². The normalized spacial score (nSPS) is 17.4. The summed E-state index contributed by atoms with van der Waals surface area (Å²) < 4.78 is 13.1. The quantitative estimate of drug-likeness (QED) is 0.777. The van der Waals surface area contributed by atoms with Crippen LogP contribution in [0.5, 0.6) is 0 Å². The Bertz CT molecular complexity index is 870. The molecular formula is C21H21FN2O4. The van der Waals surface area contributed by atoms with Gasteiger partial charge in [-0.1, -0.05) is 30.3 Å². The third-order valence-corrected chi connectivity index (χ3v) is 4.95. The Morgan fingerprint density at radius 1 is 1.18 bits per heavy atom. The molecule has 6 nitrogen and oxygen atoms in total. The Morgan fingerprint density at radius 2 is 1.82 bits per heavy atom. The van der Waals surface area contributed by atoms with Gasteiger partial charge in [-0.25, -0.2) is 9.18 Å². The molecule has 1 aliphatic rings. The van der Waals surface area contributed by atoms with Crippen LogP contribution < -0.4 is 4.90 Å². The molecule has 2 atom stereocenters. The second-order valence-corrected chi connectivity index (χ2v) is 6.77. The lowest BCUT2D eigenvalue weighted by Crippen LogP contribution is -2.47. The number of carbonyl (C=O) groups excluding carboxylic acids is 2. The zero-order valence-electron chi connectivity index (χ0n) is 15.4. The van der Waals surface area contributed by atoms with Crippen molar-refractivity contribution < 1.29 is 23.9 Å². The van der Waals surface area contributed by atoms with Gasteiger partial charge in [0, 0.05) is 18.8 Å². The Balaban J connectivity index is 1.81. The van der Waals surface area contributed by atoms with Gasteiger partial charge in [-0.05, 0) is 43.2 Å². The van der Waals surface area contributed by atoms with Crippen LogP contribution in [0.2, 0.25) is 0 Å². The van der Waals surface area contributed by atoms with E-state index >= 15 is 0 Å². The predicted molar refractivity (Wildman–Crippen MR) is 101 cm³/mol. The molecule has 2 unspecified atom stereocenters. The molecule has 7 heteroatoms. The van der Waals surface area contributed by atoms with Crippen LogP contribution in [0.25, 0.3) is 0 Å². The summed E-state index contributed by atoms with van der Waals surface area (Å²) in [5.41, 5.74) is 1.30. The Morgan fingerprint density at radius 3 is 2.43 bits per heavy atom. The number of hydrogen-bond acceptors (Lipinski definition) is 3. The lowest BCUT2D eigenvalue weighted by atomic mass is 10.0. The van der Waals surface area contributed by atoms with Crippen molar-refractivity contribution >= 4 is 23.5 Å². The maximum absolute atomic E-state index is 13.1. The Hall–Kier alpha value is -3.22. The zero-order valence-corrected chi connectivity index (χ0v) is 15.4. The Kier molecular flexibility index (Phi) is 5.73. The van der Waals surface area contributed by atoms with Crippen LogP contribution in [0, 0.1) is 11.7 Å². The molecule has 2 aromatic carbocycles. The van der Waals surface area contributed by atoms with Crippen LogP contribution in [0.4, 0.5) is 10.1 Å². The number of hydrogen-bond donors (Lipinski definition) is 1. The fourth-order valence-electron chi connectivity index (χ4n) is 3.31. The molecule has 146 valence electrons. The summed E-state index contributed by atoms with van der Waals surface area (Å²) in [6.07, 6.45) is 0.284. The average Bonchev–Trinajstić information content (AvgIpc) is 3.08. The van der Waals surface area contributed by atoms with E-state index in [4.69, 9.17) is 0 Å². The largest absolute Gasteiger partial charge is 0.480 e.